The molecule has 0 N–H and O–H groups in total. The van der Waals surface area contributed by atoms with Crippen molar-refractivity contribution in [3.05, 3.63) is 240 Å². The molecule has 0 atom stereocenters. The van der Waals surface area contributed by atoms with Crippen LogP contribution >= 0.6 is 0 Å². The largest absolute Gasteiger partial charge is 0.310 e. The standard InChI is InChI=1S/C65H52N2/c1-63(2)53-27-13-11-24-48(53)50-37-34-43(39-56(50)63)66(44-35-38-51-49-25-12-14-28-54(49)64(3,4)57(51)40-44)59-31-18-32-60-61(59)65(5,6)55-29-15-16-30-58(55)67(60)62-46-23-10-8-20-42(46)33-36-52(62)47-26-17-21-41-19-7-9-22-45(41)47/h7-40H,1-6H3. The molecule has 0 aromatic heterocycles. The van der Waals surface area contributed by atoms with Crippen LogP contribution in [0.4, 0.5) is 34.1 Å². The highest BCUT2D eigenvalue weighted by Gasteiger charge is 2.43. The lowest BCUT2D eigenvalue weighted by Gasteiger charge is -2.45. The Kier molecular flexibility index (Phi) is 8.38. The summed E-state index contributed by atoms with van der Waals surface area (Å²) < 4.78 is 0. The van der Waals surface area contributed by atoms with Crippen molar-refractivity contribution >= 4 is 55.7 Å². The van der Waals surface area contributed by atoms with E-state index in [0.29, 0.717) is 0 Å². The summed E-state index contributed by atoms with van der Waals surface area (Å²) in [6, 6.07) is 77.7. The Labute approximate surface area is 394 Å². The van der Waals surface area contributed by atoms with Gasteiger partial charge in [0.25, 0.3) is 0 Å². The Morgan fingerprint density at radius 2 is 0.791 bits per heavy atom. The monoisotopic (exact) mass is 860 g/mol. The summed E-state index contributed by atoms with van der Waals surface area (Å²) in [5.74, 6) is 0. The first kappa shape index (κ1) is 39.7. The third-order valence-corrected chi connectivity index (χ3v) is 15.8. The molecular weight excluding hydrogens is 809 g/mol. The van der Waals surface area contributed by atoms with Gasteiger partial charge in [0.2, 0.25) is 0 Å². The zero-order valence-electron chi connectivity index (χ0n) is 39.0. The molecular formula is C65H52N2. The van der Waals surface area contributed by atoms with E-state index < -0.39 is 0 Å². The van der Waals surface area contributed by atoms with Crippen LogP contribution in [0.15, 0.2) is 206 Å². The minimum atomic E-state index is -0.389. The molecule has 10 aromatic rings. The van der Waals surface area contributed by atoms with Crippen LogP contribution in [-0.4, -0.2) is 0 Å². The van der Waals surface area contributed by atoms with Crippen LogP contribution in [0.25, 0.3) is 54.9 Å². The second kappa shape index (κ2) is 14.2. The number of benzene rings is 10. The van der Waals surface area contributed by atoms with Crippen molar-refractivity contribution in [2.24, 2.45) is 0 Å². The summed E-state index contributed by atoms with van der Waals surface area (Å²) in [5.41, 5.74) is 22.2. The number of rotatable bonds is 5. The SMILES string of the molecule is CC1(C)c2ccccc2-c2ccc(N(c3ccc4c(c3)C(C)(C)c3ccccc3-4)c3cccc4c3C(C)(C)c3ccccc3N4c3c(-c4cccc5ccccc45)ccc4ccccc34)cc21. The smallest absolute Gasteiger partial charge is 0.0618 e. The van der Waals surface area contributed by atoms with Crippen molar-refractivity contribution in [1.82, 2.24) is 0 Å². The fourth-order valence-corrected chi connectivity index (χ4v) is 12.5. The van der Waals surface area contributed by atoms with Gasteiger partial charge in [-0.05, 0) is 114 Å². The molecule has 2 aliphatic carbocycles. The van der Waals surface area contributed by atoms with Crippen molar-refractivity contribution in [2.45, 2.75) is 57.8 Å². The quantitative estimate of drug-likeness (QED) is 0.170. The van der Waals surface area contributed by atoms with Crippen molar-refractivity contribution < 1.29 is 0 Å². The summed E-state index contributed by atoms with van der Waals surface area (Å²) in [6.07, 6.45) is 0. The number of hydrogen-bond donors (Lipinski definition) is 0. The van der Waals surface area contributed by atoms with Gasteiger partial charge in [0, 0.05) is 44.1 Å². The van der Waals surface area contributed by atoms with Crippen molar-refractivity contribution in [3.8, 4) is 33.4 Å². The molecule has 10 aromatic carbocycles. The highest BCUT2D eigenvalue weighted by Crippen LogP contribution is 2.60. The molecule has 0 radical (unpaired) electrons. The number of anilines is 6. The average Bonchev–Trinajstić information content (AvgIpc) is 3.73. The second-order valence-electron chi connectivity index (χ2n) is 20.5. The Morgan fingerprint density at radius 3 is 1.45 bits per heavy atom. The third kappa shape index (κ3) is 5.57. The van der Waals surface area contributed by atoms with E-state index in [1.54, 1.807) is 0 Å². The van der Waals surface area contributed by atoms with E-state index in [1.165, 1.54) is 111 Å². The predicted octanol–water partition coefficient (Wildman–Crippen LogP) is 17.9. The zero-order valence-corrected chi connectivity index (χ0v) is 39.0. The Balaban J connectivity index is 1.11. The Morgan fingerprint density at radius 1 is 0.328 bits per heavy atom. The van der Waals surface area contributed by atoms with Crippen LogP contribution in [0.1, 0.15) is 74.9 Å². The van der Waals surface area contributed by atoms with E-state index in [4.69, 9.17) is 0 Å². The summed E-state index contributed by atoms with van der Waals surface area (Å²) in [6.45, 7) is 14.4. The number of nitrogens with zero attached hydrogens (tertiary/aromatic N) is 2. The van der Waals surface area contributed by atoms with Gasteiger partial charge < -0.3 is 9.80 Å². The van der Waals surface area contributed by atoms with E-state index in [0.717, 1.165) is 11.4 Å². The van der Waals surface area contributed by atoms with E-state index >= 15 is 0 Å². The molecule has 0 saturated heterocycles. The third-order valence-electron chi connectivity index (χ3n) is 15.8. The summed E-state index contributed by atoms with van der Waals surface area (Å²) in [4.78, 5) is 5.18. The molecule has 0 unspecified atom stereocenters. The normalized spacial score (nSPS) is 15.3. The molecule has 67 heavy (non-hydrogen) atoms. The average molecular weight is 861 g/mol. The van der Waals surface area contributed by atoms with Crippen molar-refractivity contribution in [1.29, 1.82) is 0 Å². The maximum absolute atomic E-state index is 2.60. The minimum Gasteiger partial charge on any atom is -0.310 e. The molecule has 1 aliphatic heterocycles. The van der Waals surface area contributed by atoms with E-state index in [-0.39, 0.29) is 16.2 Å². The molecule has 3 aliphatic rings. The van der Waals surface area contributed by atoms with Crippen LogP contribution in [0.3, 0.4) is 0 Å². The van der Waals surface area contributed by atoms with Gasteiger partial charge in [0.05, 0.1) is 22.7 Å². The molecule has 0 fully saturated rings. The summed E-state index contributed by atoms with van der Waals surface area (Å²) >= 11 is 0. The first-order valence-corrected chi connectivity index (χ1v) is 23.9. The van der Waals surface area contributed by atoms with Crippen LogP contribution in [0.5, 0.6) is 0 Å². The summed E-state index contributed by atoms with van der Waals surface area (Å²) in [7, 11) is 0. The summed E-state index contributed by atoms with van der Waals surface area (Å²) in [5, 5.41) is 4.91. The maximum Gasteiger partial charge on any atom is 0.0618 e. The van der Waals surface area contributed by atoms with Gasteiger partial charge in [-0.15, -0.1) is 0 Å². The fraction of sp³-hybridized carbons (Fsp3) is 0.138. The van der Waals surface area contributed by atoms with Crippen LogP contribution < -0.4 is 9.80 Å². The van der Waals surface area contributed by atoms with Crippen LogP contribution in [-0.2, 0) is 16.2 Å². The van der Waals surface area contributed by atoms with E-state index in [9.17, 15) is 0 Å². The topological polar surface area (TPSA) is 6.48 Å². The zero-order chi connectivity index (χ0) is 45.4. The lowest BCUT2D eigenvalue weighted by molar-refractivity contribution is 0.632. The lowest BCUT2D eigenvalue weighted by atomic mass is 9.72. The molecule has 0 amide bonds. The molecule has 0 saturated carbocycles. The van der Waals surface area contributed by atoms with Gasteiger partial charge >= 0.3 is 0 Å². The van der Waals surface area contributed by atoms with Gasteiger partial charge in [0.1, 0.15) is 0 Å². The molecule has 0 spiro atoms. The van der Waals surface area contributed by atoms with Crippen molar-refractivity contribution in [3.63, 3.8) is 0 Å². The molecule has 2 nitrogen and oxygen atoms in total. The highest BCUT2D eigenvalue weighted by atomic mass is 15.2. The number of hydrogen-bond acceptors (Lipinski definition) is 2. The fourth-order valence-electron chi connectivity index (χ4n) is 12.5. The molecule has 0 bridgehead atoms. The molecule has 2 heteroatoms. The Bertz CT molecular complexity index is 3580. The predicted molar refractivity (Wildman–Crippen MR) is 284 cm³/mol. The van der Waals surface area contributed by atoms with Crippen molar-refractivity contribution in [2.75, 3.05) is 9.80 Å². The maximum atomic E-state index is 2.60. The van der Waals surface area contributed by atoms with Gasteiger partial charge in [-0.2, -0.15) is 0 Å². The van der Waals surface area contributed by atoms with Crippen LogP contribution in [0, 0.1) is 0 Å². The first-order chi connectivity index (χ1) is 32.5. The van der Waals surface area contributed by atoms with Gasteiger partial charge in [-0.1, -0.05) is 205 Å². The highest BCUT2D eigenvalue weighted by molar-refractivity contribution is 6.11. The second-order valence-corrected chi connectivity index (χ2v) is 20.5. The number of para-hydroxylation sites is 1. The minimum absolute atomic E-state index is 0.160. The van der Waals surface area contributed by atoms with Gasteiger partial charge in [-0.25, -0.2) is 0 Å². The first-order valence-electron chi connectivity index (χ1n) is 23.9. The van der Waals surface area contributed by atoms with E-state index in [1.807, 2.05) is 0 Å². The lowest BCUT2D eigenvalue weighted by Crippen LogP contribution is -2.33. The molecule has 1 heterocycles. The molecule has 322 valence electrons. The van der Waals surface area contributed by atoms with Gasteiger partial charge in [-0.3, -0.25) is 0 Å². The van der Waals surface area contributed by atoms with Gasteiger partial charge in [0.15, 0.2) is 0 Å². The molecule has 13 rings (SSSR count). The number of fused-ring (bicyclic) bond motifs is 10. The van der Waals surface area contributed by atoms with E-state index in [2.05, 4.69) is 258 Å². The Hall–Kier alpha value is -7.68. The van der Waals surface area contributed by atoms with Crippen LogP contribution in [0.2, 0.25) is 0 Å².